The Morgan fingerprint density at radius 2 is 1.70 bits per heavy atom. The van der Waals surface area contributed by atoms with Crippen molar-refractivity contribution < 1.29 is 4.79 Å². The molecule has 0 unspecified atom stereocenters. The van der Waals surface area contributed by atoms with Gasteiger partial charge in [-0.3, -0.25) is 0 Å². The molecule has 4 heteroatoms. The van der Waals surface area contributed by atoms with Crippen LogP contribution in [0.4, 0.5) is 4.79 Å². The number of piperidine rings is 1. The van der Waals surface area contributed by atoms with Crippen molar-refractivity contribution in [3.05, 3.63) is 47.0 Å². The van der Waals surface area contributed by atoms with Gasteiger partial charge in [0, 0.05) is 32.3 Å². The largest absolute Gasteiger partial charge is 0.324 e. The fourth-order valence-electron chi connectivity index (χ4n) is 2.89. The lowest BCUT2D eigenvalue weighted by Gasteiger charge is -2.31. The lowest BCUT2D eigenvalue weighted by atomic mass is 10.0. The zero-order valence-corrected chi connectivity index (χ0v) is 11.4. The molecule has 0 saturated carbocycles. The van der Waals surface area contributed by atoms with Gasteiger partial charge in [0.1, 0.15) is 0 Å². The van der Waals surface area contributed by atoms with Crippen molar-refractivity contribution in [3.8, 4) is 6.07 Å². The fraction of sp³-hybridized carbons (Fsp3) is 0.375. The Hall–Kier alpha value is -2.28. The van der Waals surface area contributed by atoms with Gasteiger partial charge in [0.15, 0.2) is 0 Å². The number of nitriles is 1. The standard InChI is InChI=1S/C16H17N3O/c17-8-5-13-6-9-18(10-7-13)16(20)19-11-14-3-1-2-4-15(14)12-19/h1-5H,6-7,9-12H2. The smallest absolute Gasteiger partial charge is 0.320 e. The molecule has 2 aliphatic heterocycles. The van der Waals surface area contributed by atoms with Gasteiger partial charge in [-0.05, 0) is 24.0 Å². The molecule has 3 rings (SSSR count). The third-order valence-corrected chi connectivity index (χ3v) is 4.06. The number of amides is 2. The molecule has 0 bridgehead atoms. The normalized spacial score (nSPS) is 17.6. The van der Waals surface area contributed by atoms with Gasteiger partial charge in [-0.25, -0.2) is 4.79 Å². The van der Waals surface area contributed by atoms with Gasteiger partial charge in [0.2, 0.25) is 0 Å². The van der Waals surface area contributed by atoms with E-state index in [1.807, 2.05) is 21.9 Å². The summed E-state index contributed by atoms with van der Waals surface area (Å²) in [6, 6.07) is 10.4. The molecule has 2 amide bonds. The minimum Gasteiger partial charge on any atom is -0.324 e. The van der Waals surface area contributed by atoms with Crippen LogP contribution in [0, 0.1) is 11.3 Å². The number of fused-ring (bicyclic) bond motifs is 1. The number of allylic oxidation sites excluding steroid dienone is 1. The highest BCUT2D eigenvalue weighted by Crippen LogP contribution is 2.25. The van der Waals surface area contributed by atoms with Crippen LogP contribution in [0.25, 0.3) is 0 Å². The monoisotopic (exact) mass is 267 g/mol. The molecule has 0 spiro atoms. The summed E-state index contributed by atoms with van der Waals surface area (Å²) in [6.07, 6.45) is 3.26. The number of carbonyl (C=O) groups is 1. The van der Waals surface area contributed by atoms with Gasteiger partial charge in [-0.2, -0.15) is 5.26 Å². The van der Waals surface area contributed by atoms with Crippen LogP contribution in [0.5, 0.6) is 0 Å². The Morgan fingerprint density at radius 3 is 2.25 bits per heavy atom. The number of rotatable bonds is 0. The van der Waals surface area contributed by atoms with Crippen LogP contribution in [0.1, 0.15) is 24.0 Å². The van der Waals surface area contributed by atoms with Crippen molar-refractivity contribution in [2.75, 3.05) is 13.1 Å². The molecule has 2 heterocycles. The van der Waals surface area contributed by atoms with Gasteiger partial charge in [-0.15, -0.1) is 0 Å². The summed E-state index contributed by atoms with van der Waals surface area (Å²) in [4.78, 5) is 16.3. The first kappa shape index (κ1) is 12.7. The van der Waals surface area contributed by atoms with Gasteiger partial charge >= 0.3 is 6.03 Å². The van der Waals surface area contributed by atoms with Crippen molar-refractivity contribution in [2.45, 2.75) is 25.9 Å². The Bertz CT molecular complexity index is 565. The number of benzene rings is 1. The highest BCUT2D eigenvalue weighted by molar-refractivity contribution is 5.75. The number of hydrogen-bond acceptors (Lipinski definition) is 2. The second-order valence-electron chi connectivity index (χ2n) is 5.33. The quantitative estimate of drug-likeness (QED) is 0.678. The molecule has 1 aromatic carbocycles. The molecule has 0 aliphatic carbocycles. The zero-order valence-electron chi connectivity index (χ0n) is 11.4. The predicted octanol–water partition coefficient (Wildman–Crippen LogP) is 2.67. The van der Waals surface area contributed by atoms with E-state index >= 15 is 0 Å². The molecule has 1 aromatic rings. The first-order valence-electron chi connectivity index (χ1n) is 6.96. The molecule has 0 aromatic heterocycles. The van der Waals surface area contributed by atoms with E-state index < -0.39 is 0 Å². The molecule has 1 fully saturated rings. The first-order chi connectivity index (χ1) is 9.78. The summed E-state index contributed by atoms with van der Waals surface area (Å²) in [7, 11) is 0. The molecule has 20 heavy (non-hydrogen) atoms. The Labute approximate surface area is 118 Å². The van der Waals surface area contributed by atoms with Crippen molar-refractivity contribution in [2.24, 2.45) is 0 Å². The summed E-state index contributed by atoms with van der Waals surface area (Å²) >= 11 is 0. The second kappa shape index (κ2) is 5.38. The van der Waals surface area contributed by atoms with Gasteiger partial charge in [0.05, 0.1) is 6.07 Å². The number of likely N-dealkylation sites (tertiary alicyclic amines) is 1. The number of nitrogens with zero attached hydrogens (tertiary/aromatic N) is 3. The fourth-order valence-corrected chi connectivity index (χ4v) is 2.89. The van der Waals surface area contributed by atoms with Crippen molar-refractivity contribution >= 4 is 6.03 Å². The number of hydrogen-bond donors (Lipinski definition) is 0. The van der Waals surface area contributed by atoms with Crippen LogP contribution in [-0.4, -0.2) is 28.9 Å². The summed E-state index contributed by atoms with van der Waals surface area (Å²) < 4.78 is 0. The first-order valence-corrected chi connectivity index (χ1v) is 6.96. The third-order valence-electron chi connectivity index (χ3n) is 4.06. The minimum atomic E-state index is 0.122. The highest BCUT2D eigenvalue weighted by Gasteiger charge is 2.28. The Kier molecular flexibility index (Phi) is 3.42. The van der Waals surface area contributed by atoms with Crippen LogP contribution >= 0.6 is 0 Å². The van der Waals surface area contributed by atoms with E-state index in [9.17, 15) is 4.79 Å². The van der Waals surface area contributed by atoms with E-state index in [-0.39, 0.29) is 6.03 Å². The molecule has 4 nitrogen and oxygen atoms in total. The van der Waals surface area contributed by atoms with E-state index in [0.717, 1.165) is 31.5 Å². The highest BCUT2D eigenvalue weighted by atomic mass is 16.2. The molecule has 0 radical (unpaired) electrons. The SMILES string of the molecule is N#CC=C1CCN(C(=O)N2Cc3ccccc3C2)CC1. The second-order valence-corrected chi connectivity index (χ2v) is 5.33. The zero-order chi connectivity index (χ0) is 13.9. The summed E-state index contributed by atoms with van der Waals surface area (Å²) in [6.45, 7) is 2.87. The van der Waals surface area contributed by atoms with Crippen molar-refractivity contribution in [1.29, 1.82) is 5.26 Å². The molecule has 0 N–H and O–H groups in total. The van der Waals surface area contributed by atoms with Gasteiger partial charge in [0.25, 0.3) is 0 Å². The average Bonchev–Trinajstić information content (AvgIpc) is 2.91. The van der Waals surface area contributed by atoms with E-state index in [2.05, 4.69) is 18.2 Å². The molecule has 2 aliphatic rings. The van der Waals surface area contributed by atoms with Crippen LogP contribution in [0.2, 0.25) is 0 Å². The van der Waals surface area contributed by atoms with E-state index in [1.54, 1.807) is 6.08 Å². The van der Waals surface area contributed by atoms with Gasteiger partial charge < -0.3 is 9.80 Å². The maximum atomic E-state index is 12.5. The predicted molar refractivity (Wildman–Crippen MR) is 75.6 cm³/mol. The van der Waals surface area contributed by atoms with Crippen molar-refractivity contribution in [1.82, 2.24) is 9.80 Å². The van der Waals surface area contributed by atoms with E-state index in [0.29, 0.717) is 13.1 Å². The number of carbonyl (C=O) groups excluding carboxylic acids is 1. The van der Waals surface area contributed by atoms with Gasteiger partial charge in [-0.1, -0.05) is 29.8 Å². The minimum absolute atomic E-state index is 0.122. The lowest BCUT2D eigenvalue weighted by Crippen LogP contribution is -2.43. The lowest BCUT2D eigenvalue weighted by molar-refractivity contribution is 0.149. The van der Waals surface area contributed by atoms with E-state index in [1.165, 1.54) is 11.1 Å². The molecule has 0 atom stereocenters. The van der Waals surface area contributed by atoms with Crippen LogP contribution in [0.15, 0.2) is 35.9 Å². The van der Waals surface area contributed by atoms with Crippen molar-refractivity contribution in [3.63, 3.8) is 0 Å². The maximum Gasteiger partial charge on any atom is 0.320 e. The van der Waals surface area contributed by atoms with Crippen LogP contribution in [0.3, 0.4) is 0 Å². The van der Waals surface area contributed by atoms with E-state index in [4.69, 9.17) is 5.26 Å². The summed E-state index contributed by atoms with van der Waals surface area (Å²) in [5.74, 6) is 0. The maximum absolute atomic E-state index is 12.5. The molecule has 1 saturated heterocycles. The number of urea groups is 1. The summed E-state index contributed by atoms with van der Waals surface area (Å²) in [5, 5.41) is 8.65. The summed E-state index contributed by atoms with van der Waals surface area (Å²) in [5.41, 5.74) is 3.66. The van der Waals surface area contributed by atoms with Crippen LogP contribution < -0.4 is 0 Å². The third kappa shape index (κ3) is 2.39. The Morgan fingerprint density at radius 1 is 1.10 bits per heavy atom. The molecular formula is C16H17N3O. The topological polar surface area (TPSA) is 47.3 Å². The van der Waals surface area contributed by atoms with Crippen LogP contribution in [-0.2, 0) is 13.1 Å². The Balaban J connectivity index is 1.62. The average molecular weight is 267 g/mol. The molecule has 102 valence electrons. The molecular weight excluding hydrogens is 250 g/mol.